The van der Waals surface area contributed by atoms with Gasteiger partial charge in [-0.2, -0.15) is 0 Å². The van der Waals surface area contributed by atoms with Gasteiger partial charge >= 0.3 is 0 Å². The lowest BCUT2D eigenvalue weighted by atomic mass is 10.1. The zero-order valence-electron chi connectivity index (χ0n) is 11.6. The molecule has 1 fully saturated rings. The monoisotopic (exact) mass is 293 g/mol. The number of rotatable bonds is 2. The molecule has 3 heterocycles. The van der Waals surface area contributed by atoms with Crippen molar-refractivity contribution in [2.45, 2.75) is 38.3 Å². The van der Waals surface area contributed by atoms with Crippen LogP contribution in [-0.2, 0) is 22.3 Å². The molecule has 1 aromatic heterocycles. The van der Waals surface area contributed by atoms with E-state index in [1.807, 2.05) is 24.5 Å². The van der Waals surface area contributed by atoms with Crippen molar-refractivity contribution in [2.24, 2.45) is 4.99 Å². The maximum atomic E-state index is 5.58. The summed E-state index contributed by atoms with van der Waals surface area (Å²) in [6.07, 6.45) is 5.69. The highest BCUT2D eigenvalue weighted by Gasteiger charge is 2.34. The van der Waals surface area contributed by atoms with Gasteiger partial charge in [-0.15, -0.1) is 11.3 Å². The van der Waals surface area contributed by atoms with Crippen molar-refractivity contribution in [1.82, 2.24) is 5.32 Å². The highest BCUT2D eigenvalue weighted by Crippen LogP contribution is 2.38. The van der Waals surface area contributed by atoms with E-state index in [4.69, 9.17) is 9.47 Å². The molecule has 2 aliphatic heterocycles. The van der Waals surface area contributed by atoms with Gasteiger partial charge in [-0.1, -0.05) is 0 Å². The summed E-state index contributed by atoms with van der Waals surface area (Å²) in [5.41, 5.74) is 2.80. The van der Waals surface area contributed by atoms with E-state index in [1.165, 1.54) is 40.3 Å². The zero-order chi connectivity index (χ0) is 13.6. The van der Waals surface area contributed by atoms with E-state index in [1.54, 1.807) is 0 Å². The number of anilines is 1. The third-order valence-corrected chi connectivity index (χ3v) is 5.33. The summed E-state index contributed by atoms with van der Waals surface area (Å²) >= 11 is 1.89. The Morgan fingerprint density at radius 1 is 1.40 bits per heavy atom. The van der Waals surface area contributed by atoms with Crippen LogP contribution in [0.3, 0.4) is 0 Å². The lowest BCUT2D eigenvalue weighted by Gasteiger charge is -2.27. The normalized spacial score (nSPS) is 26.9. The molecule has 1 atom stereocenters. The first-order chi connectivity index (χ1) is 9.73. The van der Waals surface area contributed by atoms with Crippen molar-refractivity contribution in [3.63, 3.8) is 0 Å². The van der Waals surface area contributed by atoms with E-state index in [9.17, 15) is 0 Å². The number of aliphatic imine (C=N–C) groups is 1. The van der Waals surface area contributed by atoms with E-state index in [2.05, 4.69) is 15.6 Å². The summed E-state index contributed by atoms with van der Waals surface area (Å²) in [5, 5.41) is 8.11. The van der Waals surface area contributed by atoms with Crippen molar-refractivity contribution in [3.05, 3.63) is 16.0 Å². The third kappa shape index (κ3) is 2.16. The molecule has 4 rings (SSSR count). The van der Waals surface area contributed by atoms with Crippen LogP contribution in [0.4, 0.5) is 5.00 Å². The Labute approximate surface area is 122 Å². The minimum atomic E-state index is -0.705. The molecule has 1 saturated heterocycles. The third-order valence-electron chi connectivity index (χ3n) is 4.07. The molecule has 0 saturated carbocycles. The second kappa shape index (κ2) is 4.80. The van der Waals surface area contributed by atoms with Crippen LogP contribution >= 0.6 is 11.3 Å². The van der Waals surface area contributed by atoms with Gasteiger partial charge < -0.3 is 14.8 Å². The van der Waals surface area contributed by atoms with Crippen LogP contribution in [0, 0.1) is 0 Å². The first-order valence-corrected chi connectivity index (χ1v) is 8.02. The summed E-state index contributed by atoms with van der Waals surface area (Å²) in [5.74, 6) is -0.705. The van der Waals surface area contributed by atoms with Crippen LogP contribution in [0.1, 0.15) is 29.3 Å². The van der Waals surface area contributed by atoms with E-state index >= 15 is 0 Å². The average Bonchev–Trinajstić information content (AvgIpc) is 3.07. The van der Waals surface area contributed by atoms with E-state index in [0.717, 1.165) is 6.54 Å². The summed E-state index contributed by atoms with van der Waals surface area (Å²) in [6.45, 7) is 3.93. The second-order valence-corrected chi connectivity index (χ2v) is 6.67. The minimum Gasteiger partial charge on any atom is -0.373 e. The van der Waals surface area contributed by atoms with Crippen LogP contribution in [0.2, 0.25) is 0 Å². The zero-order valence-corrected chi connectivity index (χ0v) is 12.4. The Morgan fingerprint density at radius 3 is 3.10 bits per heavy atom. The molecule has 0 amide bonds. The molecule has 0 aromatic carbocycles. The summed E-state index contributed by atoms with van der Waals surface area (Å²) in [4.78, 5) is 6.21. The van der Waals surface area contributed by atoms with Gasteiger partial charge in [0.25, 0.3) is 0 Å². The van der Waals surface area contributed by atoms with Crippen molar-refractivity contribution >= 4 is 22.6 Å². The molecular weight excluding hydrogens is 274 g/mol. The van der Waals surface area contributed by atoms with Crippen molar-refractivity contribution in [2.75, 3.05) is 25.1 Å². The number of ether oxygens (including phenoxy) is 2. The van der Waals surface area contributed by atoms with Crippen molar-refractivity contribution < 1.29 is 9.47 Å². The van der Waals surface area contributed by atoms with Gasteiger partial charge in [-0.05, 0) is 24.8 Å². The van der Waals surface area contributed by atoms with Crippen LogP contribution < -0.4 is 10.6 Å². The van der Waals surface area contributed by atoms with Crippen LogP contribution in [0.5, 0.6) is 0 Å². The van der Waals surface area contributed by atoms with Gasteiger partial charge in [0.2, 0.25) is 5.91 Å². The SMILES string of the molecule is CC1(NC2CNc3sc4c(c3C=N2)CCC4)OCCO1. The second-order valence-electron chi connectivity index (χ2n) is 5.56. The molecule has 3 aliphatic rings. The van der Waals surface area contributed by atoms with Gasteiger partial charge in [-0.25, -0.2) is 5.32 Å². The lowest BCUT2D eigenvalue weighted by Crippen LogP contribution is -2.50. The largest absolute Gasteiger partial charge is 0.373 e. The molecule has 5 nitrogen and oxygen atoms in total. The standard InChI is InChI=1S/C14H19N3O2S/c1-14(18-5-6-19-14)17-12-8-16-13-10(7-15-12)9-3-2-4-11(9)20-13/h7,12,16-17H,2-6,8H2,1H3. The molecule has 0 radical (unpaired) electrons. The van der Waals surface area contributed by atoms with Gasteiger partial charge in [0.15, 0.2) is 0 Å². The summed E-state index contributed by atoms with van der Waals surface area (Å²) in [7, 11) is 0. The number of fused-ring (bicyclic) bond motifs is 3. The topological polar surface area (TPSA) is 54.9 Å². The molecule has 0 bridgehead atoms. The predicted molar refractivity (Wildman–Crippen MR) is 79.7 cm³/mol. The van der Waals surface area contributed by atoms with Crippen LogP contribution in [0.25, 0.3) is 0 Å². The molecule has 108 valence electrons. The number of nitrogens with zero attached hydrogens (tertiary/aromatic N) is 1. The number of hydrogen-bond donors (Lipinski definition) is 2. The fourth-order valence-electron chi connectivity index (χ4n) is 3.09. The summed E-state index contributed by atoms with van der Waals surface area (Å²) in [6, 6.07) is 0. The maximum absolute atomic E-state index is 5.58. The van der Waals surface area contributed by atoms with Gasteiger partial charge in [0.1, 0.15) is 6.17 Å². The smallest absolute Gasteiger partial charge is 0.226 e. The Bertz CT molecular complexity index is 549. The molecule has 1 unspecified atom stereocenters. The highest BCUT2D eigenvalue weighted by molar-refractivity contribution is 7.16. The Kier molecular flexibility index (Phi) is 3.07. The molecule has 0 spiro atoms. The minimum absolute atomic E-state index is 0.0326. The number of nitrogens with one attached hydrogen (secondary N) is 2. The molecular formula is C14H19N3O2S. The van der Waals surface area contributed by atoms with E-state index < -0.39 is 5.91 Å². The van der Waals surface area contributed by atoms with Gasteiger partial charge in [0.05, 0.1) is 24.8 Å². The highest BCUT2D eigenvalue weighted by atomic mass is 32.1. The quantitative estimate of drug-likeness (QED) is 0.872. The number of hydrogen-bond acceptors (Lipinski definition) is 6. The van der Waals surface area contributed by atoms with Crippen molar-refractivity contribution in [3.8, 4) is 0 Å². The number of aryl methyl sites for hydroxylation is 1. The van der Waals surface area contributed by atoms with Gasteiger partial charge in [0, 0.05) is 23.6 Å². The molecule has 6 heteroatoms. The van der Waals surface area contributed by atoms with Crippen LogP contribution in [0.15, 0.2) is 4.99 Å². The fourth-order valence-corrected chi connectivity index (χ4v) is 4.36. The Balaban J connectivity index is 1.53. The molecule has 1 aromatic rings. The van der Waals surface area contributed by atoms with E-state index in [-0.39, 0.29) is 6.17 Å². The Morgan fingerprint density at radius 2 is 2.25 bits per heavy atom. The molecule has 1 aliphatic carbocycles. The first-order valence-electron chi connectivity index (χ1n) is 7.21. The predicted octanol–water partition coefficient (Wildman–Crippen LogP) is 1.72. The van der Waals surface area contributed by atoms with Crippen LogP contribution in [-0.4, -0.2) is 38.0 Å². The molecule has 2 N–H and O–H groups in total. The lowest BCUT2D eigenvalue weighted by molar-refractivity contribution is -0.171. The fraction of sp³-hybridized carbons (Fsp3) is 0.643. The maximum Gasteiger partial charge on any atom is 0.226 e. The van der Waals surface area contributed by atoms with E-state index in [0.29, 0.717) is 13.2 Å². The molecule has 20 heavy (non-hydrogen) atoms. The number of thiophene rings is 1. The van der Waals surface area contributed by atoms with Gasteiger partial charge in [-0.3, -0.25) is 4.99 Å². The van der Waals surface area contributed by atoms with Crippen molar-refractivity contribution in [1.29, 1.82) is 0 Å². The average molecular weight is 293 g/mol. The first kappa shape index (κ1) is 12.8. The Hall–Kier alpha value is -0.950. The summed E-state index contributed by atoms with van der Waals surface area (Å²) < 4.78 is 11.2.